The van der Waals surface area contributed by atoms with Gasteiger partial charge in [0.15, 0.2) is 0 Å². The molecule has 0 spiro atoms. The predicted octanol–water partition coefficient (Wildman–Crippen LogP) is 5.32. The van der Waals surface area contributed by atoms with Crippen LogP contribution in [0.1, 0.15) is 17.5 Å². The van der Waals surface area contributed by atoms with Crippen LogP contribution in [-0.2, 0) is 6.42 Å². The average molecular weight is 338 g/mol. The van der Waals surface area contributed by atoms with Crippen molar-refractivity contribution in [2.75, 3.05) is 0 Å². The maximum absolute atomic E-state index is 3.75. The van der Waals surface area contributed by atoms with E-state index in [1.54, 1.807) is 0 Å². The molecule has 80 valence electrons. The number of hydrogen-bond acceptors (Lipinski definition) is 0. The molecule has 0 fully saturated rings. The van der Waals surface area contributed by atoms with E-state index in [1.165, 1.54) is 30.8 Å². The summed E-state index contributed by atoms with van der Waals surface area (Å²) >= 11 is 7.48. The van der Waals surface area contributed by atoms with E-state index < -0.39 is 0 Å². The van der Waals surface area contributed by atoms with E-state index in [2.05, 4.69) is 68.3 Å². The second-order valence-electron chi connectivity index (χ2n) is 4.01. The number of fused-ring (bicyclic) bond motifs is 2. The van der Waals surface area contributed by atoms with Gasteiger partial charge in [-0.2, -0.15) is 0 Å². The minimum atomic E-state index is 1.12. The van der Waals surface area contributed by atoms with Crippen molar-refractivity contribution >= 4 is 48.7 Å². The molecule has 0 N–H and O–H groups in total. The maximum Gasteiger partial charge on any atom is 0.0329 e. The van der Waals surface area contributed by atoms with Crippen molar-refractivity contribution in [1.82, 2.24) is 0 Å². The van der Waals surface area contributed by atoms with Crippen molar-refractivity contribution in [3.05, 3.63) is 50.4 Å². The first-order valence-electron chi connectivity index (χ1n) is 5.34. The molecular weight excluding hydrogens is 328 g/mol. The standard InChI is InChI=1S/C14H10Br2/c15-13-9-5-1-2-6-10(9)14(16)12-8-4-3-7-11(12)13/h1-3,5-7H,4,8H2. The number of hydrogen-bond donors (Lipinski definition) is 0. The second-order valence-corrected chi connectivity index (χ2v) is 5.59. The van der Waals surface area contributed by atoms with Gasteiger partial charge in [-0.15, -0.1) is 0 Å². The molecule has 0 saturated heterocycles. The third-order valence-electron chi connectivity index (χ3n) is 3.07. The van der Waals surface area contributed by atoms with Crippen LogP contribution >= 0.6 is 31.9 Å². The minimum absolute atomic E-state index is 1.12. The van der Waals surface area contributed by atoms with Crippen LogP contribution < -0.4 is 0 Å². The molecule has 0 saturated carbocycles. The molecule has 0 atom stereocenters. The lowest BCUT2D eigenvalue weighted by Crippen LogP contribution is -1.98. The van der Waals surface area contributed by atoms with Crippen molar-refractivity contribution in [2.24, 2.45) is 0 Å². The van der Waals surface area contributed by atoms with Gasteiger partial charge >= 0.3 is 0 Å². The summed E-state index contributed by atoms with van der Waals surface area (Å²) in [4.78, 5) is 0. The Hall–Kier alpha value is -0.600. The molecule has 0 heterocycles. The molecule has 0 nitrogen and oxygen atoms in total. The maximum atomic E-state index is 3.75. The van der Waals surface area contributed by atoms with Crippen LogP contribution in [0.15, 0.2) is 39.3 Å². The number of halogens is 2. The van der Waals surface area contributed by atoms with Crippen molar-refractivity contribution in [1.29, 1.82) is 0 Å². The minimum Gasteiger partial charge on any atom is -0.0836 e. The highest BCUT2D eigenvalue weighted by atomic mass is 79.9. The Bertz CT molecular complexity index is 597. The monoisotopic (exact) mass is 336 g/mol. The Morgan fingerprint density at radius 1 is 0.938 bits per heavy atom. The van der Waals surface area contributed by atoms with Gasteiger partial charge in [0, 0.05) is 8.95 Å². The van der Waals surface area contributed by atoms with E-state index in [0.717, 1.165) is 12.8 Å². The highest BCUT2D eigenvalue weighted by Crippen LogP contribution is 2.40. The van der Waals surface area contributed by atoms with Gasteiger partial charge in [-0.25, -0.2) is 0 Å². The van der Waals surface area contributed by atoms with Crippen LogP contribution in [-0.4, -0.2) is 0 Å². The third-order valence-corrected chi connectivity index (χ3v) is 4.83. The number of benzene rings is 2. The van der Waals surface area contributed by atoms with Crippen LogP contribution in [0.2, 0.25) is 0 Å². The van der Waals surface area contributed by atoms with Gasteiger partial charge in [-0.3, -0.25) is 0 Å². The van der Waals surface area contributed by atoms with Crippen LogP contribution in [0, 0.1) is 0 Å². The van der Waals surface area contributed by atoms with E-state index in [-0.39, 0.29) is 0 Å². The Morgan fingerprint density at radius 2 is 1.62 bits per heavy atom. The van der Waals surface area contributed by atoms with Gasteiger partial charge in [0.05, 0.1) is 0 Å². The summed E-state index contributed by atoms with van der Waals surface area (Å²) in [6.45, 7) is 0. The molecule has 2 aromatic carbocycles. The summed E-state index contributed by atoms with van der Waals surface area (Å²) in [5.74, 6) is 0. The molecular formula is C14H10Br2. The average Bonchev–Trinajstić information content (AvgIpc) is 2.36. The largest absolute Gasteiger partial charge is 0.0836 e. The third kappa shape index (κ3) is 1.47. The quantitative estimate of drug-likeness (QED) is 0.610. The fourth-order valence-electron chi connectivity index (χ4n) is 2.27. The highest BCUT2D eigenvalue weighted by Gasteiger charge is 2.15. The number of rotatable bonds is 0. The zero-order chi connectivity index (χ0) is 11.1. The lowest BCUT2D eigenvalue weighted by Gasteiger charge is -2.17. The molecule has 2 aromatic rings. The second kappa shape index (κ2) is 4.01. The van der Waals surface area contributed by atoms with E-state index in [9.17, 15) is 0 Å². The van der Waals surface area contributed by atoms with Gasteiger partial charge in [-0.05, 0) is 66.6 Å². The molecule has 0 radical (unpaired) electrons. The molecule has 0 bridgehead atoms. The lowest BCUT2D eigenvalue weighted by molar-refractivity contribution is 0.980. The van der Waals surface area contributed by atoms with Gasteiger partial charge in [0.25, 0.3) is 0 Å². The van der Waals surface area contributed by atoms with Gasteiger partial charge < -0.3 is 0 Å². The summed E-state index contributed by atoms with van der Waals surface area (Å²) in [5, 5.41) is 2.57. The molecule has 0 unspecified atom stereocenters. The smallest absolute Gasteiger partial charge is 0.0329 e. The SMILES string of the molecule is Brc1c2c(c(Br)c3ccccc13)CCC=C2. The van der Waals surface area contributed by atoms with E-state index in [4.69, 9.17) is 0 Å². The molecule has 1 aliphatic carbocycles. The lowest BCUT2D eigenvalue weighted by atomic mass is 9.94. The highest BCUT2D eigenvalue weighted by molar-refractivity contribution is 9.11. The normalized spacial score (nSPS) is 14.1. The summed E-state index contributed by atoms with van der Waals surface area (Å²) in [5.41, 5.74) is 2.75. The molecule has 0 amide bonds. The van der Waals surface area contributed by atoms with E-state index >= 15 is 0 Å². The fraction of sp³-hybridized carbons (Fsp3) is 0.143. The molecule has 1 aliphatic rings. The summed E-state index contributed by atoms with van der Waals surface area (Å²) in [6, 6.07) is 8.50. The summed E-state index contributed by atoms with van der Waals surface area (Å²) < 4.78 is 2.47. The first-order valence-corrected chi connectivity index (χ1v) is 6.93. The van der Waals surface area contributed by atoms with Gasteiger partial charge in [0.2, 0.25) is 0 Å². The van der Waals surface area contributed by atoms with Crippen molar-refractivity contribution in [3.63, 3.8) is 0 Å². The molecule has 2 heteroatoms. The molecule has 0 aromatic heterocycles. The summed E-state index contributed by atoms with van der Waals surface area (Å²) in [6.07, 6.45) is 6.72. The van der Waals surface area contributed by atoms with Crippen LogP contribution in [0.4, 0.5) is 0 Å². The summed E-state index contributed by atoms with van der Waals surface area (Å²) in [7, 11) is 0. The molecule has 3 rings (SSSR count). The fourth-order valence-corrected chi connectivity index (χ4v) is 3.75. The van der Waals surface area contributed by atoms with Crippen molar-refractivity contribution < 1.29 is 0 Å². The Morgan fingerprint density at radius 3 is 2.38 bits per heavy atom. The van der Waals surface area contributed by atoms with Gasteiger partial charge in [0.1, 0.15) is 0 Å². The first-order chi connectivity index (χ1) is 7.79. The number of allylic oxidation sites excluding steroid dienone is 1. The first kappa shape index (κ1) is 10.5. The van der Waals surface area contributed by atoms with Crippen molar-refractivity contribution in [2.45, 2.75) is 12.8 Å². The molecule has 16 heavy (non-hydrogen) atoms. The zero-order valence-corrected chi connectivity index (χ0v) is 11.8. The van der Waals surface area contributed by atoms with E-state index in [0.29, 0.717) is 0 Å². The topological polar surface area (TPSA) is 0 Å². The van der Waals surface area contributed by atoms with Gasteiger partial charge in [-0.1, -0.05) is 36.4 Å². The van der Waals surface area contributed by atoms with Crippen LogP contribution in [0.25, 0.3) is 16.8 Å². The zero-order valence-electron chi connectivity index (χ0n) is 8.63. The van der Waals surface area contributed by atoms with Crippen LogP contribution in [0.5, 0.6) is 0 Å². The molecule has 0 aliphatic heterocycles. The predicted molar refractivity (Wildman–Crippen MR) is 76.7 cm³/mol. The Balaban J connectivity index is 2.50. The van der Waals surface area contributed by atoms with E-state index in [1.807, 2.05) is 0 Å². The van der Waals surface area contributed by atoms with Crippen LogP contribution in [0.3, 0.4) is 0 Å². The Kier molecular flexibility index (Phi) is 2.64. The Labute approximate surface area is 112 Å². The van der Waals surface area contributed by atoms with Crippen molar-refractivity contribution in [3.8, 4) is 0 Å².